The van der Waals surface area contributed by atoms with Crippen molar-refractivity contribution in [3.63, 3.8) is 0 Å². The minimum atomic E-state index is -0.672. The van der Waals surface area contributed by atoms with Crippen molar-refractivity contribution in [3.8, 4) is 0 Å². The Morgan fingerprint density at radius 3 is 2.58 bits per heavy atom. The van der Waals surface area contributed by atoms with Gasteiger partial charge in [-0.2, -0.15) is 0 Å². The molecule has 2 amide bonds. The molecular weight excluding hydrogens is 410 g/mol. The third-order valence-corrected chi connectivity index (χ3v) is 8.39. The zero-order valence-electron chi connectivity index (χ0n) is 20.6. The number of hydrogen-bond donors (Lipinski definition) is 1. The van der Waals surface area contributed by atoms with Gasteiger partial charge in [0.1, 0.15) is 4.67 Å². The zero-order chi connectivity index (χ0) is 23.4. The maximum atomic E-state index is 13.5. The number of aromatic nitrogens is 1. The van der Waals surface area contributed by atoms with E-state index in [1.807, 2.05) is 20.8 Å². The second kappa shape index (κ2) is 9.99. The maximum Gasteiger partial charge on any atom is 0.253 e. The van der Waals surface area contributed by atoms with Gasteiger partial charge in [-0.05, 0) is 63.4 Å². The molecule has 1 aromatic heterocycles. The van der Waals surface area contributed by atoms with E-state index in [0.29, 0.717) is 26.0 Å². The fourth-order valence-electron chi connectivity index (χ4n) is 4.29. The van der Waals surface area contributed by atoms with Crippen LogP contribution in [0.5, 0.6) is 0 Å². The van der Waals surface area contributed by atoms with E-state index in [1.54, 1.807) is 18.6 Å². The first-order valence-corrected chi connectivity index (χ1v) is 12.2. The summed E-state index contributed by atoms with van der Waals surface area (Å²) in [4.78, 5) is 31.0. The summed E-state index contributed by atoms with van der Waals surface area (Å²) >= 11 is 1.56. The summed E-state index contributed by atoms with van der Waals surface area (Å²) in [5.74, 6) is -0.315. The normalized spacial score (nSPS) is 23.9. The number of nitrogens with one attached hydrogen (secondary N) is 1. The summed E-state index contributed by atoms with van der Waals surface area (Å²) in [6, 6.07) is 0. The first-order chi connectivity index (χ1) is 14.4. The summed E-state index contributed by atoms with van der Waals surface area (Å²) < 4.78 is 8.04. The monoisotopic (exact) mass is 451 g/mol. The third-order valence-electron chi connectivity index (χ3n) is 7.02. The molecule has 1 fully saturated rings. The highest BCUT2D eigenvalue weighted by atomic mass is 32.1. The number of carbonyl (C=O) groups is 2. The lowest BCUT2D eigenvalue weighted by Crippen LogP contribution is -2.45. The Morgan fingerprint density at radius 1 is 1.32 bits per heavy atom. The summed E-state index contributed by atoms with van der Waals surface area (Å²) in [6.45, 7) is 15.7. The molecule has 1 N–H and O–H groups in total. The van der Waals surface area contributed by atoms with Crippen LogP contribution in [0, 0.1) is 16.7 Å². The van der Waals surface area contributed by atoms with E-state index in [2.05, 4.69) is 48.2 Å². The van der Waals surface area contributed by atoms with Gasteiger partial charge in [-0.3, -0.25) is 13.5 Å². The number of carbonyl (C=O) groups excluding carboxylic acids is 2. The van der Waals surface area contributed by atoms with Crippen LogP contribution < -0.4 is 9.99 Å². The molecule has 0 saturated heterocycles. The minimum Gasteiger partial charge on any atom is -0.383 e. The third kappa shape index (κ3) is 5.48. The number of rotatable bonds is 8. The predicted molar refractivity (Wildman–Crippen MR) is 126 cm³/mol. The van der Waals surface area contributed by atoms with E-state index in [4.69, 9.17) is 4.74 Å². The van der Waals surface area contributed by atoms with Crippen molar-refractivity contribution in [2.45, 2.75) is 86.1 Å². The van der Waals surface area contributed by atoms with Crippen molar-refractivity contribution < 1.29 is 14.3 Å². The smallest absolute Gasteiger partial charge is 0.253 e. The van der Waals surface area contributed by atoms with E-state index in [1.165, 1.54) is 0 Å². The number of unbranched alkanes of at least 4 members (excludes halogenated alkanes) is 1. The lowest BCUT2D eigenvalue weighted by atomic mass is 9.65. The first kappa shape index (κ1) is 25.8. The predicted octanol–water partition coefficient (Wildman–Crippen LogP) is 4.28. The molecule has 2 rings (SSSR count). The van der Waals surface area contributed by atoms with E-state index >= 15 is 0 Å². The molecule has 176 valence electrons. The molecule has 0 aliphatic heterocycles. The van der Waals surface area contributed by atoms with Gasteiger partial charge in [0, 0.05) is 36.9 Å². The quantitative estimate of drug-likeness (QED) is 0.600. The van der Waals surface area contributed by atoms with Gasteiger partial charge >= 0.3 is 0 Å². The standard InChI is InChI=1S/C24H41N3O3S/c1-9-10-11-17-16-27(22(2,3)4)31-20(17)26-21(29)24(7)13-12-18(23(24,5)6)19(28)25-14-15-30-8/h16,18H,9-15H2,1-8H3,(H,25,28). The second-order valence-electron chi connectivity index (χ2n) is 10.5. The number of ether oxygens (including phenoxy) is 1. The fourth-order valence-corrected chi connectivity index (χ4v) is 5.33. The fraction of sp³-hybridized carbons (Fsp3) is 0.792. The largest absolute Gasteiger partial charge is 0.383 e. The Labute approximate surface area is 191 Å². The number of nitrogens with zero attached hydrogens (tertiary/aromatic N) is 2. The minimum absolute atomic E-state index is 0.00362. The molecule has 31 heavy (non-hydrogen) atoms. The van der Waals surface area contributed by atoms with Gasteiger partial charge < -0.3 is 10.1 Å². The summed E-state index contributed by atoms with van der Waals surface area (Å²) in [6.07, 6.45) is 6.61. The molecule has 1 heterocycles. The molecule has 2 unspecified atom stereocenters. The van der Waals surface area contributed by atoms with Gasteiger partial charge in [0.2, 0.25) is 5.91 Å². The average molecular weight is 452 g/mol. The highest BCUT2D eigenvalue weighted by Crippen LogP contribution is 2.56. The van der Waals surface area contributed by atoms with Crippen LogP contribution in [-0.2, 0) is 26.3 Å². The van der Waals surface area contributed by atoms with E-state index in [9.17, 15) is 9.59 Å². The van der Waals surface area contributed by atoms with Gasteiger partial charge in [-0.15, -0.1) is 0 Å². The van der Waals surface area contributed by atoms with Crippen LogP contribution in [0.3, 0.4) is 0 Å². The Balaban J connectivity index is 2.34. The molecule has 0 radical (unpaired) electrons. The van der Waals surface area contributed by atoms with Crippen molar-refractivity contribution in [2.24, 2.45) is 21.7 Å². The van der Waals surface area contributed by atoms with Crippen LogP contribution in [0.25, 0.3) is 0 Å². The van der Waals surface area contributed by atoms with Crippen molar-refractivity contribution >= 4 is 23.3 Å². The van der Waals surface area contributed by atoms with Crippen LogP contribution in [0.1, 0.15) is 79.7 Å². The van der Waals surface area contributed by atoms with E-state index < -0.39 is 10.8 Å². The van der Waals surface area contributed by atoms with Gasteiger partial charge in [-0.1, -0.05) is 34.1 Å². The highest BCUT2D eigenvalue weighted by Gasteiger charge is 2.58. The number of amides is 2. The Morgan fingerprint density at radius 2 is 2.00 bits per heavy atom. The van der Waals surface area contributed by atoms with E-state index in [-0.39, 0.29) is 23.3 Å². The molecule has 0 aromatic carbocycles. The van der Waals surface area contributed by atoms with Crippen molar-refractivity contribution in [1.29, 1.82) is 0 Å². The lowest BCUT2D eigenvalue weighted by molar-refractivity contribution is -0.136. The zero-order valence-corrected chi connectivity index (χ0v) is 21.4. The van der Waals surface area contributed by atoms with Crippen molar-refractivity contribution in [3.05, 3.63) is 16.4 Å². The van der Waals surface area contributed by atoms with Crippen molar-refractivity contribution in [1.82, 2.24) is 9.27 Å². The number of hydrogen-bond acceptors (Lipinski definition) is 4. The molecule has 1 aliphatic rings. The van der Waals surface area contributed by atoms with Crippen LogP contribution in [0.4, 0.5) is 0 Å². The summed E-state index contributed by atoms with van der Waals surface area (Å²) in [7, 11) is 1.62. The second-order valence-corrected chi connectivity index (χ2v) is 11.5. The topological polar surface area (TPSA) is 72.7 Å². The lowest BCUT2D eigenvalue weighted by Gasteiger charge is -2.38. The molecule has 1 aromatic rings. The van der Waals surface area contributed by atoms with E-state index in [0.717, 1.165) is 29.5 Å². The molecule has 0 spiro atoms. The molecule has 1 aliphatic carbocycles. The molecule has 7 heteroatoms. The molecule has 0 bridgehead atoms. The Bertz CT molecular complexity index is 847. The number of methoxy groups -OCH3 is 1. The highest BCUT2D eigenvalue weighted by molar-refractivity contribution is 7.04. The number of aryl methyl sites for hydroxylation is 1. The molecule has 1 saturated carbocycles. The maximum absolute atomic E-state index is 13.5. The van der Waals surface area contributed by atoms with Crippen molar-refractivity contribution in [2.75, 3.05) is 20.3 Å². The summed E-state index contributed by atoms with van der Waals surface area (Å²) in [5, 5.41) is 2.95. The molecular formula is C24H41N3O3S. The van der Waals surface area contributed by atoms with Crippen LogP contribution >= 0.6 is 11.5 Å². The summed E-state index contributed by atoms with van der Waals surface area (Å²) in [5.41, 5.74) is -0.0616. The van der Waals surface area contributed by atoms with Crippen LogP contribution in [-0.4, -0.2) is 36.0 Å². The van der Waals surface area contributed by atoms with Gasteiger partial charge in [0.25, 0.3) is 5.91 Å². The first-order valence-electron chi connectivity index (χ1n) is 11.5. The van der Waals surface area contributed by atoms with Gasteiger partial charge in [0.05, 0.1) is 12.0 Å². The average Bonchev–Trinajstić information content (AvgIpc) is 3.19. The Kier molecular flexibility index (Phi) is 8.31. The SMILES string of the molecule is CCCCc1cn(C(C)(C)C)sc1=NC(=O)C1(C)CCC(C(=O)NCCOC)C1(C)C. The van der Waals surface area contributed by atoms with Gasteiger partial charge in [0.15, 0.2) is 0 Å². The van der Waals surface area contributed by atoms with Gasteiger partial charge in [-0.25, -0.2) is 4.99 Å². The van der Waals surface area contributed by atoms with Crippen LogP contribution in [0.15, 0.2) is 11.2 Å². The molecule has 2 atom stereocenters. The van der Waals surface area contributed by atoms with Crippen LogP contribution in [0.2, 0.25) is 0 Å². The Hall–Kier alpha value is -1.47. The molecule has 6 nitrogen and oxygen atoms in total.